The summed E-state index contributed by atoms with van der Waals surface area (Å²) in [5.74, 6) is 0.848. The van der Waals surface area contributed by atoms with Gasteiger partial charge in [0.2, 0.25) is 0 Å². The SMILES string of the molecule is COc1ccc(C(=N)N)c(Sc2cccs2)c1. The van der Waals surface area contributed by atoms with Gasteiger partial charge in [0.1, 0.15) is 11.6 Å². The van der Waals surface area contributed by atoms with Crippen LogP contribution in [-0.2, 0) is 0 Å². The van der Waals surface area contributed by atoms with Crippen molar-refractivity contribution in [3.05, 3.63) is 41.3 Å². The largest absolute Gasteiger partial charge is 0.497 e. The lowest BCUT2D eigenvalue weighted by Crippen LogP contribution is -2.12. The fraction of sp³-hybridized carbons (Fsp3) is 0.0833. The Labute approximate surface area is 108 Å². The number of benzene rings is 1. The lowest BCUT2D eigenvalue weighted by Gasteiger charge is -2.08. The van der Waals surface area contributed by atoms with E-state index in [4.69, 9.17) is 15.9 Å². The van der Waals surface area contributed by atoms with E-state index in [0.717, 1.165) is 16.2 Å². The molecule has 0 aliphatic carbocycles. The Morgan fingerprint density at radius 3 is 2.82 bits per heavy atom. The molecule has 0 amide bonds. The van der Waals surface area contributed by atoms with Gasteiger partial charge >= 0.3 is 0 Å². The van der Waals surface area contributed by atoms with E-state index in [1.54, 1.807) is 30.2 Å². The standard InChI is InChI=1S/C12H12N2OS2/c1-15-8-4-5-9(12(13)14)10(7-8)17-11-3-2-6-16-11/h2-7H,1H3,(H3,13,14). The number of nitrogens with one attached hydrogen (secondary N) is 1. The first-order valence-corrected chi connectivity index (χ1v) is 6.64. The fourth-order valence-corrected chi connectivity index (χ4v) is 3.27. The minimum Gasteiger partial charge on any atom is -0.497 e. The van der Waals surface area contributed by atoms with Gasteiger partial charge in [0.05, 0.1) is 11.3 Å². The third-order valence-electron chi connectivity index (χ3n) is 2.18. The predicted octanol–water partition coefficient (Wildman–Crippen LogP) is 3.19. The molecule has 0 bridgehead atoms. The summed E-state index contributed by atoms with van der Waals surface area (Å²) in [6.07, 6.45) is 0. The maximum absolute atomic E-state index is 7.56. The third-order valence-corrected chi connectivity index (χ3v) is 4.28. The average molecular weight is 264 g/mol. The highest BCUT2D eigenvalue weighted by atomic mass is 32.2. The third kappa shape index (κ3) is 2.81. The molecule has 0 aliphatic rings. The van der Waals surface area contributed by atoms with Gasteiger partial charge in [-0.3, -0.25) is 5.41 Å². The summed E-state index contributed by atoms with van der Waals surface area (Å²) in [4.78, 5) is 0.944. The zero-order valence-corrected chi connectivity index (χ0v) is 10.9. The van der Waals surface area contributed by atoms with E-state index < -0.39 is 0 Å². The number of rotatable bonds is 4. The molecule has 88 valence electrons. The van der Waals surface area contributed by atoms with Crippen molar-refractivity contribution >= 4 is 28.9 Å². The normalized spacial score (nSPS) is 10.2. The summed E-state index contributed by atoms with van der Waals surface area (Å²) >= 11 is 3.26. The Bertz CT molecular complexity index is 523. The van der Waals surface area contributed by atoms with Gasteiger partial charge in [0.15, 0.2) is 0 Å². The van der Waals surface area contributed by atoms with Crippen LogP contribution in [0.5, 0.6) is 5.75 Å². The number of thiophene rings is 1. The van der Waals surface area contributed by atoms with E-state index in [0.29, 0.717) is 0 Å². The maximum atomic E-state index is 7.56. The van der Waals surface area contributed by atoms with Crippen LogP contribution >= 0.6 is 23.1 Å². The van der Waals surface area contributed by atoms with Crippen molar-refractivity contribution in [3.63, 3.8) is 0 Å². The molecule has 0 fully saturated rings. The van der Waals surface area contributed by atoms with Gasteiger partial charge in [0.25, 0.3) is 0 Å². The van der Waals surface area contributed by atoms with Crippen LogP contribution in [0.25, 0.3) is 0 Å². The highest BCUT2D eigenvalue weighted by molar-refractivity contribution is 8.01. The summed E-state index contributed by atoms with van der Waals surface area (Å²) in [5.41, 5.74) is 6.31. The van der Waals surface area contributed by atoms with Crippen LogP contribution < -0.4 is 10.5 Å². The first kappa shape index (κ1) is 12.0. The zero-order valence-electron chi connectivity index (χ0n) is 9.27. The van der Waals surface area contributed by atoms with Crippen molar-refractivity contribution in [2.24, 2.45) is 5.73 Å². The molecule has 0 aliphatic heterocycles. The summed E-state index contributed by atoms with van der Waals surface area (Å²) < 4.78 is 6.35. The maximum Gasteiger partial charge on any atom is 0.123 e. The van der Waals surface area contributed by atoms with Gasteiger partial charge in [-0.25, -0.2) is 0 Å². The molecule has 5 heteroatoms. The number of ether oxygens (including phenoxy) is 1. The smallest absolute Gasteiger partial charge is 0.123 e. The number of hydrogen-bond donors (Lipinski definition) is 2. The van der Waals surface area contributed by atoms with Gasteiger partial charge in [-0.15, -0.1) is 11.3 Å². The second-order valence-corrected chi connectivity index (χ2v) is 5.60. The summed E-state index contributed by atoms with van der Waals surface area (Å²) in [5, 5.41) is 9.58. The molecule has 0 unspecified atom stereocenters. The Morgan fingerprint density at radius 2 is 2.24 bits per heavy atom. The molecule has 3 nitrogen and oxygen atoms in total. The van der Waals surface area contributed by atoms with Crippen molar-refractivity contribution in [3.8, 4) is 5.75 Å². The van der Waals surface area contributed by atoms with Crippen LogP contribution in [0.4, 0.5) is 0 Å². The molecule has 1 aromatic carbocycles. The highest BCUT2D eigenvalue weighted by Gasteiger charge is 2.09. The minimum atomic E-state index is 0.0757. The van der Waals surface area contributed by atoms with Crippen molar-refractivity contribution in [2.45, 2.75) is 9.10 Å². The average Bonchev–Trinajstić information content (AvgIpc) is 2.81. The quantitative estimate of drug-likeness (QED) is 0.658. The molecular weight excluding hydrogens is 252 g/mol. The molecule has 1 aromatic heterocycles. The van der Waals surface area contributed by atoms with Crippen molar-refractivity contribution in [1.29, 1.82) is 5.41 Å². The topological polar surface area (TPSA) is 59.1 Å². The molecule has 0 atom stereocenters. The first-order valence-electron chi connectivity index (χ1n) is 4.94. The lowest BCUT2D eigenvalue weighted by molar-refractivity contribution is 0.413. The van der Waals surface area contributed by atoms with Gasteiger partial charge in [-0.2, -0.15) is 0 Å². The Balaban J connectivity index is 2.38. The van der Waals surface area contributed by atoms with Gasteiger partial charge < -0.3 is 10.5 Å². The van der Waals surface area contributed by atoms with Crippen LogP contribution in [0.3, 0.4) is 0 Å². The zero-order chi connectivity index (χ0) is 12.3. The lowest BCUT2D eigenvalue weighted by atomic mass is 10.2. The fourth-order valence-electron chi connectivity index (χ4n) is 1.37. The van der Waals surface area contributed by atoms with E-state index in [1.165, 1.54) is 4.21 Å². The minimum absolute atomic E-state index is 0.0757. The summed E-state index contributed by atoms with van der Waals surface area (Å²) in [6.45, 7) is 0. The number of hydrogen-bond acceptors (Lipinski definition) is 4. The molecule has 0 saturated carbocycles. The highest BCUT2D eigenvalue weighted by Crippen LogP contribution is 2.35. The molecule has 17 heavy (non-hydrogen) atoms. The first-order chi connectivity index (χ1) is 8.20. The molecule has 2 aromatic rings. The van der Waals surface area contributed by atoms with E-state index in [2.05, 4.69) is 0 Å². The monoisotopic (exact) mass is 264 g/mol. The van der Waals surface area contributed by atoms with Gasteiger partial charge in [-0.1, -0.05) is 17.8 Å². The van der Waals surface area contributed by atoms with E-state index in [-0.39, 0.29) is 5.84 Å². The predicted molar refractivity (Wildman–Crippen MR) is 72.5 cm³/mol. The Kier molecular flexibility index (Phi) is 3.71. The van der Waals surface area contributed by atoms with Crippen LogP contribution in [-0.4, -0.2) is 12.9 Å². The number of amidine groups is 1. The molecule has 1 heterocycles. The molecule has 0 radical (unpaired) electrons. The second-order valence-electron chi connectivity index (χ2n) is 3.31. The van der Waals surface area contributed by atoms with E-state index in [9.17, 15) is 0 Å². The molecule has 0 saturated heterocycles. The number of nitrogen functional groups attached to an aromatic ring is 1. The van der Waals surface area contributed by atoms with E-state index >= 15 is 0 Å². The van der Waals surface area contributed by atoms with Crippen LogP contribution in [0.1, 0.15) is 5.56 Å². The second kappa shape index (κ2) is 5.25. The van der Waals surface area contributed by atoms with Gasteiger partial charge in [0, 0.05) is 10.5 Å². The van der Waals surface area contributed by atoms with Crippen LogP contribution in [0.2, 0.25) is 0 Å². The van der Waals surface area contributed by atoms with Gasteiger partial charge in [-0.05, 0) is 29.6 Å². The van der Waals surface area contributed by atoms with Crippen molar-refractivity contribution in [1.82, 2.24) is 0 Å². The molecule has 2 rings (SSSR count). The molecule has 3 N–H and O–H groups in total. The Hall–Kier alpha value is -1.46. The number of nitrogens with two attached hydrogens (primary N) is 1. The van der Waals surface area contributed by atoms with Crippen molar-refractivity contribution in [2.75, 3.05) is 7.11 Å². The summed E-state index contributed by atoms with van der Waals surface area (Å²) in [6, 6.07) is 9.58. The summed E-state index contributed by atoms with van der Waals surface area (Å²) in [7, 11) is 1.63. The molecular formula is C12H12N2OS2. The van der Waals surface area contributed by atoms with Crippen molar-refractivity contribution < 1.29 is 4.74 Å². The Morgan fingerprint density at radius 1 is 1.41 bits per heavy atom. The van der Waals surface area contributed by atoms with Crippen LogP contribution in [0.15, 0.2) is 44.8 Å². The van der Waals surface area contributed by atoms with Crippen LogP contribution in [0, 0.1) is 5.41 Å². The van der Waals surface area contributed by atoms with E-state index in [1.807, 2.05) is 35.7 Å². The number of methoxy groups -OCH3 is 1. The molecule has 0 spiro atoms.